The minimum atomic E-state index is -2.53. The standard InChI is InChI=1S/C43H51NO2SSi/c1-36(45-35-38-17-8-5-9-18-38)30-32-44(39-27-24-37(25-28-39)26-29-40-19-16-34-47-40)31-14-15-33-46-48(43(2,3)4,41-20-10-6-11-21-41)42-22-12-7-13-23-42/h5-13,16-29,34,36H,14-15,30-33,35H2,1-4H3. The van der Waals surface area contributed by atoms with Gasteiger partial charge in [0, 0.05) is 30.3 Å². The summed E-state index contributed by atoms with van der Waals surface area (Å²) in [5.41, 5.74) is 3.69. The minimum absolute atomic E-state index is 0.0165. The van der Waals surface area contributed by atoms with E-state index in [1.807, 2.05) is 6.07 Å². The van der Waals surface area contributed by atoms with Crippen LogP contribution >= 0.6 is 11.3 Å². The SMILES string of the molecule is CC(CCN(CCCCO[Si](c1ccccc1)(c1ccccc1)C(C)(C)C)c1ccc(C=Cc2cccs2)cc1)OCc1ccccc1. The zero-order valence-electron chi connectivity index (χ0n) is 29.1. The molecule has 0 amide bonds. The summed E-state index contributed by atoms with van der Waals surface area (Å²) in [6, 6.07) is 45.6. The van der Waals surface area contributed by atoms with E-state index in [1.54, 1.807) is 11.3 Å². The van der Waals surface area contributed by atoms with Crippen LogP contribution in [0.2, 0.25) is 5.04 Å². The zero-order chi connectivity index (χ0) is 33.7. The van der Waals surface area contributed by atoms with Crippen LogP contribution in [0, 0.1) is 0 Å². The summed E-state index contributed by atoms with van der Waals surface area (Å²) >= 11 is 1.76. The van der Waals surface area contributed by atoms with Crippen molar-refractivity contribution in [1.29, 1.82) is 0 Å². The molecule has 5 rings (SSSR count). The molecule has 0 N–H and O–H groups in total. The molecule has 1 unspecified atom stereocenters. The maximum Gasteiger partial charge on any atom is 0.261 e. The van der Waals surface area contributed by atoms with Crippen LogP contribution in [0.25, 0.3) is 12.2 Å². The Morgan fingerprint density at radius 3 is 1.92 bits per heavy atom. The molecule has 1 atom stereocenters. The highest BCUT2D eigenvalue weighted by Crippen LogP contribution is 2.37. The van der Waals surface area contributed by atoms with Crippen LogP contribution in [0.15, 0.2) is 133 Å². The molecule has 0 aliphatic carbocycles. The maximum absolute atomic E-state index is 7.19. The summed E-state index contributed by atoms with van der Waals surface area (Å²) in [5, 5.41) is 4.77. The summed E-state index contributed by atoms with van der Waals surface area (Å²) in [4.78, 5) is 3.79. The first-order valence-electron chi connectivity index (χ1n) is 17.3. The molecule has 5 aromatic rings. The first-order chi connectivity index (χ1) is 23.3. The number of anilines is 1. The highest BCUT2D eigenvalue weighted by atomic mass is 32.1. The number of hydrogen-bond donors (Lipinski definition) is 0. The lowest BCUT2D eigenvalue weighted by Crippen LogP contribution is -2.66. The Labute approximate surface area is 294 Å². The van der Waals surface area contributed by atoms with Crippen LogP contribution in [0.5, 0.6) is 0 Å². The summed E-state index contributed by atoms with van der Waals surface area (Å²) in [6.45, 7) is 12.5. The van der Waals surface area contributed by atoms with E-state index in [0.29, 0.717) is 6.61 Å². The monoisotopic (exact) mass is 673 g/mol. The van der Waals surface area contributed by atoms with Crippen molar-refractivity contribution in [3.8, 4) is 0 Å². The number of benzene rings is 4. The third-order valence-electron chi connectivity index (χ3n) is 8.98. The highest BCUT2D eigenvalue weighted by Gasteiger charge is 2.49. The predicted molar refractivity (Wildman–Crippen MR) is 210 cm³/mol. The fourth-order valence-electron chi connectivity index (χ4n) is 6.36. The van der Waals surface area contributed by atoms with Crippen LogP contribution in [0.1, 0.15) is 63.0 Å². The normalized spacial score (nSPS) is 12.8. The largest absolute Gasteiger partial charge is 0.407 e. The Bertz CT molecular complexity index is 1590. The summed E-state index contributed by atoms with van der Waals surface area (Å²) in [5.74, 6) is 0. The van der Waals surface area contributed by atoms with Crippen molar-refractivity contribution in [3.63, 3.8) is 0 Å². The van der Waals surface area contributed by atoms with Gasteiger partial charge in [0.15, 0.2) is 0 Å². The third kappa shape index (κ3) is 9.67. The minimum Gasteiger partial charge on any atom is -0.407 e. The van der Waals surface area contributed by atoms with E-state index in [-0.39, 0.29) is 11.1 Å². The quantitative estimate of drug-likeness (QED) is 0.0725. The van der Waals surface area contributed by atoms with Gasteiger partial charge in [-0.3, -0.25) is 0 Å². The molecule has 0 spiro atoms. The molecule has 250 valence electrons. The number of rotatable bonds is 17. The van der Waals surface area contributed by atoms with Gasteiger partial charge in [0.05, 0.1) is 12.7 Å². The Balaban J connectivity index is 1.25. The van der Waals surface area contributed by atoms with Crippen molar-refractivity contribution in [1.82, 2.24) is 0 Å². The number of ether oxygens (including phenoxy) is 1. The second-order valence-electron chi connectivity index (χ2n) is 13.5. The number of hydrogen-bond acceptors (Lipinski definition) is 4. The van der Waals surface area contributed by atoms with Crippen molar-refractivity contribution in [2.24, 2.45) is 0 Å². The molecule has 1 heterocycles. The molecule has 0 aliphatic rings. The van der Waals surface area contributed by atoms with E-state index in [0.717, 1.165) is 39.0 Å². The molecule has 0 fully saturated rings. The van der Waals surface area contributed by atoms with Crippen LogP contribution in [-0.4, -0.2) is 34.1 Å². The summed E-state index contributed by atoms with van der Waals surface area (Å²) < 4.78 is 13.4. The van der Waals surface area contributed by atoms with Crippen LogP contribution in [-0.2, 0) is 15.8 Å². The Morgan fingerprint density at radius 2 is 1.33 bits per heavy atom. The number of thiophene rings is 1. The van der Waals surface area contributed by atoms with E-state index >= 15 is 0 Å². The van der Waals surface area contributed by atoms with E-state index in [9.17, 15) is 0 Å². The third-order valence-corrected chi connectivity index (χ3v) is 14.9. The molecule has 1 aromatic heterocycles. The van der Waals surface area contributed by atoms with Crippen molar-refractivity contribution < 1.29 is 9.16 Å². The summed E-state index contributed by atoms with van der Waals surface area (Å²) in [7, 11) is -2.53. The van der Waals surface area contributed by atoms with Crippen molar-refractivity contribution in [3.05, 3.63) is 149 Å². The van der Waals surface area contributed by atoms with E-state index in [2.05, 4.69) is 171 Å². The van der Waals surface area contributed by atoms with Crippen LogP contribution in [0.4, 0.5) is 5.69 Å². The van der Waals surface area contributed by atoms with Gasteiger partial charge in [-0.2, -0.15) is 0 Å². The lowest BCUT2D eigenvalue weighted by Gasteiger charge is -2.43. The lowest BCUT2D eigenvalue weighted by atomic mass is 10.1. The van der Waals surface area contributed by atoms with Crippen LogP contribution < -0.4 is 15.3 Å². The molecule has 4 aromatic carbocycles. The van der Waals surface area contributed by atoms with Gasteiger partial charge in [0.1, 0.15) is 0 Å². The molecule has 0 saturated carbocycles. The van der Waals surface area contributed by atoms with Gasteiger partial charge in [-0.25, -0.2) is 0 Å². The maximum atomic E-state index is 7.19. The first kappa shape index (κ1) is 35.6. The van der Waals surface area contributed by atoms with E-state index < -0.39 is 8.32 Å². The molecule has 0 saturated heterocycles. The van der Waals surface area contributed by atoms with Crippen molar-refractivity contribution in [2.45, 2.75) is 64.7 Å². The van der Waals surface area contributed by atoms with Gasteiger partial charge >= 0.3 is 0 Å². The molecule has 0 bridgehead atoms. The molecular weight excluding hydrogens is 623 g/mol. The van der Waals surface area contributed by atoms with Crippen molar-refractivity contribution in [2.75, 3.05) is 24.6 Å². The van der Waals surface area contributed by atoms with Gasteiger partial charge in [-0.05, 0) is 82.4 Å². The molecule has 0 aliphatic heterocycles. The molecule has 5 heteroatoms. The topological polar surface area (TPSA) is 21.7 Å². The Hall–Kier alpha value is -3.74. The Kier molecular flexibility index (Phi) is 13.0. The lowest BCUT2D eigenvalue weighted by molar-refractivity contribution is 0.0489. The average Bonchev–Trinajstić information content (AvgIpc) is 3.64. The Morgan fingerprint density at radius 1 is 0.708 bits per heavy atom. The smallest absolute Gasteiger partial charge is 0.261 e. The number of nitrogens with zero attached hydrogens (tertiary/aromatic N) is 1. The molecule has 0 radical (unpaired) electrons. The second-order valence-corrected chi connectivity index (χ2v) is 18.8. The molecule has 3 nitrogen and oxygen atoms in total. The highest BCUT2D eigenvalue weighted by molar-refractivity contribution is 7.10. The predicted octanol–water partition coefficient (Wildman–Crippen LogP) is 10.1. The summed E-state index contributed by atoms with van der Waals surface area (Å²) in [6.07, 6.45) is 7.57. The van der Waals surface area contributed by atoms with Crippen molar-refractivity contribution >= 4 is 47.9 Å². The first-order valence-corrected chi connectivity index (χ1v) is 20.1. The van der Waals surface area contributed by atoms with E-state index in [1.165, 1.54) is 32.1 Å². The fourth-order valence-corrected chi connectivity index (χ4v) is 11.6. The van der Waals surface area contributed by atoms with Gasteiger partial charge < -0.3 is 14.1 Å². The van der Waals surface area contributed by atoms with E-state index in [4.69, 9.17) is 9.16 Å². The fraction of sp³-hybridized carbons (Fsp3) is 0.302. The zero-order valence-corrected chi connectivity index (χ0v) is 30.9. The van der Waals surface area contributed by atoms with Gasteiger partial charge in [-0.1, -0.05) is 136 Å². The number of unbranched alkanes of at least 4 members (excludes halogenated alkanes) is 1. The average molecular weight is 674 g/mol. The second kappa shape index (κ2) is 17.6. The van der Waals surface area contributed by atoms with Gasteiger partial charge in [0.2, 0.25) is 0 Å². The van der Waals surface area contributed by atoms with Gasteiger partial charge in [0.25, 0.3) is 8.32 Å². The van der Waals surface area contributed by atoms with Gasteiger partial charge in [-0.15, -0.1) is 11.3 Å². The van der Waals surface area contributed by atoms with Crippen LogP contribution in [0.3, 0.4) is 0 Å². The molecule has 48 heavy (non-hydrogen) atoms. The molecular formula is C43H51NO2SSi.